The number of carbonyl (C=O) groups is 1. The number of hydroxylamine groups is 2. The van der Waals surface area contributed by atoms with Crippen LogP contribution in [0.1, 0.15) is 26.2 Å². The van der Waals surface area contributed by atoms with Crippen LogP contribution < -0.4 is 0 Å². The number of nitrogens with zero attached hydrogens (tertiary/aromatic N) is 2. The third-order valence-corrected chi connectivity index (χ3v) is 3.65. The smallest absolute Gasteiger partial charge is 0.448 e. The first-order chi connectivity index (χ1) is 7.63. The molecule has 0 atom stereocenters. The lowest BCUT2D eigenvalue weighted by Crippen LogP contribution is -2.60. The molecule has 0 aromatic carbocycles. The van der Waals surface area contributed by atoms with Crippen LogP contribution >= 0.6 is 0 Å². The summed E-state index contributed by atoms with van der Waals surface area (Å²) in [5.74, 6) is 0. The Balaban J connectivity index is 1.72. The Morgan fingerprint density at radius 3 is 2.50 bits per heavy atom. The summed E-state index contributed by atoms with van der Waals surface area (Å²) in [6, 6.07) is 0. The average molecular weight is 228 g/mol. The topological polar surface area (TPSA) is 53.0 Å². The van der Waals surface area contributed by atoms with E-state index in [1.807, 2.05) is 0 Å². The maximum atomic E-state index is 10.4. The normalized spacial score (nSPS) is 25.3. The van der Waals surface area contributed by atoms with E-state index in [0.717, 1.165) is 25.9 Å². The molecule has 16 heavy (non-hydrogen) atoms. The number of hydrogen-bond donors (Lipinski definition) is 1. The van der Waals surface area contributed by atoms with Crippen molar-refractivity contribution in [1.29, 1.82) is 0 Å². The van der Waals surface area contributed by atoms with Crippen molar-refractivity contribution < 1.29 is 14.7 Å². The molecule has 0 radical (unpaired) electrons. The summed E-state index contributed by atoms with van der Waals surface area (Å²) in [7, 11) is 0. The van der Waals surface area contributed by atoms with Gasteiger partial charge in [-0.05, 0) is 31.2 Å². The molecule has 0 unspecified atom stereocenters. The van der Waals surface area contributed by atoms with Crippen molar-refractivity contribution >= 4 is 6.16 Å². The van der Waals surface area contributed by atoms with E-state index in [1.165, 1.54) is 26.1 Å². The zero-order chi connectivity index (χ0) is 11.6. The molecule has 1 spiro atoms. The van der Waals surface area contributed by atoms with E-state index in [2.05, 4.69) is 16.7 Å². The Morgan fingerprint density at radius 2 is 2.00 bits per heavy atom. The van der Waals surface area contributed by atoms with Gasteiger partial charge in [0.05, 0.1) is 0 Å². The van der Waals surface area contributed by atoms with Gasteiger partial charge in [-0.25, -0.2) is 4.79 Å². The first-order valence-corrected chi connectivity index (χ1v) is 6.02. The number of hydrogen-bond acceptors (Lipinski definition) is 4. The lowest BCUT2D eigenvalue weighted by Gasteiger charge is -2.53. The minimum Gasteiger partial charge on any atom is -0.448 e. The number of piperidine rings is 1. The fraction of sp³-hybridized carbons (Fsp3) is 0.909. The predicted octanol–water partition coefficient (Wildman–Crippen LogP) is 1.40. The van der Waals surface area contributed by atoms with Crippen molar-refractivity contribution in [2.45, 2.75) is 26.2 Å². The van der Waals surface area contributed by atoms with Gasteiger partial charge in [0.2, 0.25) is 0 Å². The van der Waals surface area contributed by atoms with E-state index in [0.29, 0.717) is 5.41 Å². The standard InChI is InChI=1S/C11H20N2O3/c1-2-5-12-8-11(9-12)3-6-13(7-4-11)16-10(14)15/h2-9H2,1H3,(H,14,15). The van der Waals surface area contributed by atoms with Crippen LogP contribution in [0.4, 0.5) is 4.79 Å². The van der Waals surface area contributed by atoms with E-state index >= 15 is 0 Å². The van der Waals surface area contributed by atoms with Crippen LogP contribution in [0.25, 0.3) is 0 Å². The molecule has 5 heteroatoms. The van der Waals surface area contributed by atoms with Gasteiger partial charge in [-0.1, -0.05) is 6.92 Å². The highest BCUT2D eigenvalue weighted by molar-refractivity contribution is 5.56. The van der Waals surface area contributed by atoms with Crippen molar-refractivity contribution in [3.63, 3.8) is 0 Å². The Hall–Kier alpha value is -0.810. The second-order valence-electron chi connectivity index (χ2n) is 5.00. The molecule has 0 amide bonds. The van der Waals surface area contributed by atoms with Gasteiger partial charge in [-0.3, -0.25) is 0 Å². The molecule has 1 N–H and O–H groups in total. The van der Waals surface area contributed by atoms with Crippen LogP contribution in [0, 0.1) is 5.41 Å². The van der Waals surface area contributed by atoms with E-state index in [1.54, 1.807) is 5.06 Å². The molecule has 0 saturated carbocycles. The Labute approximate surface area is 95.9 Å². The summed E-state index contributed by atoms with van der Waals surface area (Å²) in [6.07, 6.45) is 2.13. The second kappa shape index (κ2) is 4.59. The fourth-order valence-corrected chi connectivity index (χ4v) is 2.86. The minimum absolute atomic E-state index is 0.452. The maximum absolute atomic E-state index is 10.4. The van der Waals surface area contributed by atoms with Crippen LogP contribution in [-0.2, 0) is 4.84 Å². The zero-order valence-electron chi connectivity index (χ0n) is 9.81. The van der Waals surface area contributed by atoms with Crippen molar-refractivity contribution in [2.24, 2.45) is 5.41 Å². The monoisotopic (exact) mass is 228 g/mol. The summed E-state index contributed by atoms with van der Waals surface area (Å²) in [6.45, 7) is 7.24. The van der Waals surface area contributed by atoms with Crippen LogP contribution in [-0.4, -0.2) is 53.9 Å². The Bertz CT molecular complexity index is 254. The van der Waals surface area contributed by atoms with E-state index in [9.17, 15) is 4.79 Å². The van der Waals surface area contributed by atoms with Crippen molar-refractivity contribution in [3.05, 3.63) is 0 Å². The fourth-order valence-electron chi connectivity index (χ4n) is 2.86. The number of rotatable bonds is 3. The summed E-state index contributed by atoms with van der Waals surface area (Å²) in [5.41, 5.74) is 0.452. The van der Waals surface area contributed by atoms with Gasteiger partial charge in [-0.2, -0.15) is 0 Å². The van der Waals surface area contributed by atoms with E-state index in [-0.39, 0.29) is 0 Å². The molecule has 2 fully saturated rings. The maximum Gasteiger partial charge on any atom is 0.525 e. The largest absolute Gasteiger partial charge is 0.525 e. The quantitative estimate of drug-likeness (QED) is 0.791. The van der Waals surface area contributed by atoms with Crippen LogP contribution in [0.15, 0.2) is 0 Å². The molecule has 2 heterocycles. The van der Waals surface area contributed by atoms with Gasteiger partial charge in [0.15, 0.2) is 0 Å². The summed E-state index contributed by atoms with van der Waals surface area (Å²) >= 11 is 0. The lowest BCUT2D eigenvalue weighted by molar-refractivity contribution is -0.165. The molecule has 0 aromatic heterocycles. The molecule has 2 aliphatic rings. The third-order valence-electron chi connectivity index (χ3n) is 3.65. The summed E-state index contributed by atoms with van der Waals surface area (Å²) < 4.78 is 0. The highest BCUT2D eigenvalue weighted by atomic mass is 16.8. The van der Waals surface area contributed by atoms with Gasteiger partial charge in [0, 0.05) is 26.2 Å². The number of likely N-dealkylation sites (tertiary alicyclic amines) is 1. The molecule has 2 saturated heterocycles. The Kier molecular flexibility index (Phi) is 3.35. The van der Waals surface area contributed by atoms with Crippen LogP contribution in [0.3, 0.4) is 0 Å². The minimum atomic E-state index is -1.20. The van der Waals surface area contributed by atoms with Crippen molar-refractivity contribution in [3.8, 4) is 0 Å². The molecule has 0 aliphatic carbocycles. The van der Waals surface area contributed by atoms with E-state index in [4.69, 9.17) is 5.11 Å². The van der Waals surface area contributed by atoms with Gasteiger partial charge < -0.3 is 14.8 Å². The van der Waals surface area contributed by atoms with Gasteiger partial charge in [0.1, 0.15) is 0 Å². The van der Waals surface area contributed by atoms with Crippen molar-refractivity contribution in [2.75, 3.05) is 32.7 Å². The van der Waals surface area contributed by atoms with Crippen molar-refractivity contribution in [1.82, 2.24) is 9.96 Å². The number of carboxylic acid groups (broad SMARTS) is 1. The highest BCUT2D eigenvalue weighted by Gasteiger charge is 2.44. The molecular weight excluding hydrogens is 208 g/mol. The first-order valence-electron chi connectivity index (χ1n) is 6.02. The SMILES string of the molecule is CCCN1CC2(CCN(OC(=O)O)CC2)C1. The summed E-state index contributed by atoms with van der Waals surface area (Å²) in [5, 5.41) is 10.1. The van der Waals surface area contributed by atoms with Gasteiger partial charge in [-0.15, -0.1) is 5.06 Å². The Morgan fingerprint density at radius 1 is 1.38 bits per heavy atom. The lowest BCUT2D eigenvalue weighted by atomic mass is 9.72. The van der Waals surface area contributed by atoms with Crippen LogP contribution in [0.2, 0.25) is 0 Å². The average Bonchev–Trinajstić information content (AvgIpc) is 2.18. The van der Waals surface area contributed by atoms with Gasteiger partial charge >= 0.3 is 6.16 Å². The molecule has 92 valence electrons. The summed E-state index contributed by atoms with van der Waals surface area (Å²) in [4.78, 5) is 17.5. The van der Waals surface area contributed by atoms with Crippen LogP contribution in [0.5, 0.6) is 0 Å². The van der Waals surface area contributed by atoms with E-state index < -0.39 is 6.16 Å². The molecule has 2 rings (SSSR count). The molecule has 2 aliphatic heterocycles. The first kappa shape index (κ1) is 11.7. The predicted molar refractivity (Wildman–Crippen MR) is 59.1 cm³/mol. The molecule has 0 bridgehead atoms. The molecule has 0 aromatic rings. The molecular formula is C11H20N2O3. The van der Waals surface area contributed by atoms with Gasteiger partial charge in [0.25, 0.3) is 0 Å². The second-order valence-corrected chi connectivity index (χ2v) is 5.00. The highest BCUT2D eigenvalue weighted by Crippen LogP contribution is 2.40. The third kappa shape index (κ3) is 2.47. The zero-order valence-corrected chi connectivity index (χ0v) is 9.81. The molecule has 5 nitrogen and oxygen atoms in total.